The fourth-order valence-corrected chi connectivity index (χ4v) is 3.55. The van der Waals surface area contributed by atoms with Crippen LogP contribution in [0.15, 0.2) is 36.4 Å². The van der Waals surface area contributed by atoms with Crippen molar-refractivity contribution < 1.29 is 36.6 Å². The summed E-state index contributed by atoms with van der Waals surface area (Å²) in [5.74, 6) is -4.17. The second-order valence-electron chi connectivity index (χ2n) is 7.04. The Morgan fingerprint density at radius 3 is 2.55 bits per heavy atom. The van der Waals surface area contributed by atoms with Crippen LogP contribution in [0.4, 0.5) is 27.6 Å². The number of amides is 2. The van der Waals surface area contributed by atoms with E-state index in [2.05, 4.69) is 5.32 Å². The van der Waals surface area contributed by atoms with E-state index in [0.29, 0.717) is 23.1 Å². The summed E-state index contributed by atoms with van der Waals surface area (Å²) in [6, 6.07) is 5.03. The molecule has 0 spiro atoms. The average molecular weight is 463 g/mol. The Morgan fingerprint density at radius 1 is 1.19 bits per heavy atom. The summed E-state index contributed by atoms with van der Waals surface area (Å²) in [4.78, 5) is 26.0. The molecular formula is C20H16ClF5N2O3. The van der Waals surface area contributed by atoms with Crippen LogP contribution in [0.25, 0.3) is 0 Å². The smallest absolute Gasteiger partial charge is 0.372 e. The van der Waals surface area contributed by atoms with Crippen molar-refractivity contribution in [2.24, 2.45) is 0 Å². The van der Waals surface area contributed by atoms with E-state index in [9.17, 15) is 36.6 Å². The van der Waals surface area contributed by atoms with Gasteiger partial charge in [-0.1, -0.05) is 11.6 Å². The molecule has 0 bridgehead atoms. The van der Waals surface area contributed by atoms with Crippen molar-refractivity contribution in [1.82, 2.24) is 5.32 Å². The molecule has 1 aliphatic rings. The van der Waals surface area contributed by atoms with Gasteiger partial charge in [-0.3, -0.25) is 9.59 Å². The Morgan fingerprint density at radius 2 is 1.90 bits per heavy atom. The van der Waals surface area contributed by atoms with Gasteiger partial charge in [-0.15, -0.1) is 0 Å². The predicted molar refractivity (Wildman–Crippen MR) is 101 cm³/mol. The number of anilines is 1. The molecular weight excluding hydrogens is 447 g/mol. The first-order chi connectivity index (χ1) is 14.4. The second kappa shape index (κ2) is 8.43. The molecule has 0 radical (unpaired) electrons. The highest BCUT2D eigenvalue weighted by Gasteiger charge is 2.49. The van der Waals surface area contributed by atoms with Crippen molar-refractivity contribution in [1.29, 1.82) is 0 Å². The molecule has 2 amide bonds. The molecule has 0 aromatic heterocycles. The molecule has 11 heteroatoms. The summed E-state index contributed by atoms with van der Waals surface area (Å²) in [5.41, 5.74) is -4.25. The highest BCUT2D eigenvalue weighted by atomic mass is 35.5. The number of aliphatic hydroxyl groups is 1. The summed E-state index contributed by atoms with van der Waals surface area (Å²) in [6.07, 6.45) is -5.07. The Labute approximate surface area is 178 Å². The van der Waals surface area contributed by atoms with Crippen LogP contribution in [0.1, 0.15) is 24.0 Å². The van der Waals surface area contributed by atoms with Gasteiger partial charge in [0.25, 0.3) is 11.8 Å². The van der Waals surface area contributed by atoms with E-state index in [0.717, 1.165) is 12.1 Å². The normalized spacial score (nSPS) is 19.5. The Bertz CT molecular complexity index is 1010. The summed E-state index contributed by atoms with van der Waals surface area (Å²) < 4.78 is 66.6. The van der Waals surface area contributed by atoms with Crippen molar-refractivity contribution in [2.75, 3.05) is 11.4 Å². The fourth-order valence-electron chi connectivity index (χ4n) is 3.30. The lowest BCUT2D eigenvalue weighted by atomic mass is 9.90. The second-order valence-corrected chi connectivity index (χ2v) is 7.48. The Balaban J connectivity index is 1.83. The van der Waals surface area contributed by atoms with E-state index >= 15 is 0 Å². The van der Waals surface area contributed by atoms with E-state index < -0.39 is 46.5 Å². The summed E-state index contributed by atoms with van der Waals surface area (Å²) >= 11 is 5.73. The Hall–Kier alpha value is -2.72. The summed E-state index contributed by atoms with van der Waals surface area (Å²) in [6.45, 7) is -0.462. The van der Waals surface area contributed by atoms with Crippen LogP contribution >= 0.6 is 11.6 Å². The third-order valence-electron chi connectivity index (χ3n) is 4.83. The number of carbonyl (C=O) groups excluding carboxylic acids is 2. The first kappa shape index (κ1) is 23.0. The molecule has 0 saturated carbocycles. The van der Waals surface area contributed by atoms with Gasteiger partial charge in [0.15, 0.2) is 0 Å². The number of hydrogen-bond donors (Lipinski definition) is 2. The molecule has 1 aliphatic heterocycles. The van der Waals surface area contributed by atoms with Gasteiger partial charge in [0, 0.05) is 18.1 Å². The van der Waals surface area contributed by atoms with Gasteiger partial charge < -0.3 is 15.3 Å². The first-order valence-corrected chi connectivity index (χ1v) is 9.44. The van der Waals surface area contributed by atoms with Crippen LogP contribution in [-0.4, -0.2) is 29.1 Å². The van der Waals surface area contributed by atoms with Crippen LogP contribution in [0.5, 0.6) is 0 Å². The Kier molecular flexibility index (Phi) is 6.24. The number of nitrogens with one attached hydrogen (secondary N) is 1. The van der Waals surface area contributed by atoms with Gasteiger partial charge in [-0.05, 0) is 54.8 Å². The number of benzene rings is 2. The first-order valence-electron chi connectivity index (χ1n) is 9.06. The number of carbonyl (C=O) groups is 2. The van der Waals surface area contributed by atoms with E-state index in [-0.39, 0.29) is 36.5 Å². The molecule has 0 aliphatic carbocycles. The monoisotopic (exact) mass is 462 g/mol. The van der Waals surface area contributed by atoms with Crippen LogP contribution in [0.2, 0.25) is 5.02 Å². The molecule has 1 atom stereocenters. The van der Waals surface area contributed by atoms with Gasteiger partial charge in [0.05, 0.1) is 11.3 Å². The maximum absolute atomic E-state index is 14.2. The number of alkyl halides is 3. The zero-order valence-corrected chi connectivity index (χ0v) is 16.5. The largest absolute Gasteiger partial charge is 0.416 e. The molecule has 5 nitrogen and oxygen atoms in total. The maximum Gasteiger partial charge on any atom is 0.416 e. The molecule has 2 aromatic carbocycles. The minimum Gasteiger partial charge on any atom is -0.372 e. The maximum atomic E-state index is 14.2. The molecule has 166 valence electrons. The topological polar surface area (TPSA) is 69.6 Å². The minimum absolute atomic E-state index is 0.0249. The van der Waals surface area contributed by atoms with Crippen molar-refractivity contribution in [3.8, 4) is 0 Å². The van der Waals surface area contributed by atoms with E-state index in [4.69, 9.17) is 11.6 Å². The molecule has 1 fully saturated rings. The SMILES string of the molecule is O=C(NCc1cc(F)cc(Cl)c1)C1(O)CCCN(c2cc(C(F)(F)F)ccc2F)C1=O. The zero-order valence-electron chi connectivity index (χ0n) is 15.8. The summed E-state index contributed by atoms with van der Waals surface area (Å²) in [7, 11) is 0. The van der Waals surface area contributed by atoms with Gasteiger partial charge >= 0.3 is 6.18 Å². The number of rotatable bonds is 4. The minimum atomic E-state index is -4.78. The van der Waals surface area contributed by atoms with Crippen LogP contribution in [0.3, 0.4) is 0 Å². The molecule has 3 rings (SSSR count). The van der Waals surface area contributed by atoms with Crippen LogP contribution in [0, 0.1) is 11.6 Å². The van der Waals surface area contributed by atoms with Gasteiger partial charge in [0.2, 0.25) is 5.60 Å². The zero-order chi connectivity index (χ0) is 23.0. The van der Waals surface area contributed by atoms with E-state index in [1.54, 1.807) is 0 Å². The molecule has 2 N–H and O–H groups in total. The lowest BCUT2D eigenvalue weighted by molar-refractivity contribution is -0.154. The average Bonchev–Trinajstić information content (AvgIpc) is 2.67. The van der Waals surface area contributed by atoms with Crippen LogP contribution < -0.4 is 10.2 Å². The van der Waals surface area contributed by atoms with Crippen molar-refractivity contribution >= 4 is 29.1 Å². The molecule has 1 unspecified atom stereocenters. The quantitative estimate of drug-likeness (QED) is 0.536. The molecule has 2 aromatic rings. The molecule has 1 saturated heterocycles. The third kappa shape index (κ3) is 4.80. The highest BCUT2D eigenvalue weighted by molar-refractivity contribution is 6.30. The number of halogens is 6. The fraction of sp³-hybridized carbons (Fsp3) is 0.300. The molecule has 31 heavy (non-hydrogen) atoms. The lowest BCUT2D eigenvalue weighted by Gasteiger charge is -2.37. The lowest BCUT2D eigenvalue weighted by Crippen LogP contribution is -2.61. The standard InChI is InChI=1S/C20H16ClF5N2O3/c21-13-6-11(7-14(22)9-13)10-27-17(29)19(31)4-1-5-28(18(19)30)16-8-12(20(24,25)26)2-3-15(16)23/h2-3,6-9,31H,1,4-5,10H2,(H,27,29). The van der Waals surface area contributed by atoms with Gasteiger partial charge in [-0.2, -0.15) is 13.2 Å². The van der Waals surface area contributed by atoms with Gasteiger partial charge in [0.1, 0.15) is 11.6 Å². The molecule has 1 heterocycles. The van der Waals surface area contributed by atoms with Crippen molar-refractivity contribution in [2.45, 2.75) is 31.2 Å². The predicted octanol–water partition coefficient (Wildman–Crippen LogP) is 3.81. The van der Waals surface area contributed by atoms with Crippen molar-refractivity contribution in [3.05, 3.63) is 64.2 Å². The highest BCUT2D eigenvalue weighted by Crippen LogP contribution is 2.35. The van der Waals surface area contributed by atoms with E-state index in [1.165, 1.54) is 6.07 Å². The summed E-state index contributed by atoms with van der Waals surface area (Å²) in [5, 5.41) is 13.1. The number of piperidine rings is 1. The van der Waals surface area contributed by atoms with Gasteiger partial charge in [-0.25, -0.2) is 8.78 Å². The third-order valence-corrected chi connectivity index (χ3v) is 5.05. The number of nitrogens with zero attached hydrogens (tertiary/aromatic N) is 1. The van der Waals surface area contributed by atoms with Crippen LogP contribution in [-0.2, 0) is 22.3 Å². The number of hydrogen-bond acceptors (Lipinski definition) is 3. The van der Waals surface area contributed by atoms with E-state index in [1.807, 2.05) is 0 Å². The van der Waals surface area contributed by atoms with Crippen molar-refractivity contribution in [3.63, 3.8) is 0 Å².